The minimum atomic E-state index is 0.751. The van der Waals surface area contributed by atoms with Crippen molar-refractivity contribution >= 4 is 22.7 Å². The van der Waals surface area contributed by atoms with Crippen LogP contribution < -0.4 is 10.2 Å². The van der Waals surface area contributed by atoms with E-state index in [1.807, 2.05) is 26.2 Å². The minimum Gasteiger partial charge on any atom is -0.362 e. The topological polar surface area (TPSA) is 41.1 Å². The van der Waals surface area contributed by atoms with E-state index in [4.69, 9.17) is 4.98 Å². The summed E-state index contributed by atoms with van der Waals surface area (Å²) in [7, 11) is 4.06. The number of para-hydroxylation sites is 1. The Labute approximate surface area is 133 Å². The van der Waals surface area contributed by atoms with E-state index in [1.165, 1.54) is 25.7 Å². The molecule has 0 bridgehead atoms. The molecule has 22 heavy (non-hydrogen) atoms. The average Bonchev–Trinajstić information content (AvgIpc) is 2.53. The van der Waals surface area contributed by atoms with E-state index in [1.54, 1.807) is 0 Å². The molecule has 1 fully saturated rings. The van der Waals surface area contributed by atoms with E-state index in [0.29, 0.717) is 0 Å². The van der Waals surface area contributed by atoms with Crippen LogP contribution in [0.1, 0.15) is 32.6 Å². The molecule has 2 aromatic rings. The largest absolute Gasteiger partial charge is 0.362 e. The molecule has 1 heterocycles. The zero-order chi connectivity index (χ0) is 15.5. The highest BCUT2D eigenvalue weighted by atomic mass is 15.2. The molecule has 1 aromatic heterocycles. The first kappa shape index (κ1) is 15.1. The van der Waals surface area contributed by atoms with Crippen LogP contribution in [0, 0.1) is 11.8 Å². The van der Waals surface area contributed by atoms with E-state index in [-0.39, 0.29) is 0 Å². The molecule has 0 amide bonds. The number of rotatable bonds is 4. The van der Waals surface area contributed by atoms with Gasteiger partial charge in [0.2, 0.25) is 5.95 Å². The lowest BCUT2D eigenvalue weighted by atomic mass is 9.83. The minimum absolute atomic E-state index is 0.751. The summed E-state index contributed by atoms with van der Waals surface area (Å²) in [5.74, 6) is 3.38. The molecule has 1 aliphatic carbocycles. The van der Waals surface area contributed by atoms with Crippen molar-refractivity contribution in [3.63, 3.8) is 0 Å². The van der Waals surface area contributed by atoms with Crippen molar-refractivity contribution in [2.24, 2.45) is 11.8 Å². The smallest absolute Gasteiger partial charge is 0.225 e. The third-order valence-electron chi connectivity index (χ3n) is 4.69. The molecular formula is C18H26N4. The van der Waals surface area contributed by atoms with Crippen LogP contribution in [0.2, 0.25) is 0 Å². The van der Waals surface area contributed by atoms with Crippen molar-refractivity contribution < 1.29 is 0 Å². The van der Waals surface area contributed by atoms with Crippen LogP contribution in [-0.4, -0.2) is 30.6 Å². The van der Waals surface area contributed by atoms with Gasteiger partial charge in [0.1, 0.15) is 5.82 Å². The zero-order valence-electron chi connectivity index (χ0n) is 13.8. The molecule has 0 atom stereocenters. The predicted octanol–water partition coefficient (Wildman–Crippen LogP) is 3.93. The van der Waals surface area contributed by atoms with Gasteiger partial charge in [-0.2, -0.15) is 4.98 Å². The molecule has 1 saturated carbocycles. The highest BCUT2D eigenvalue weighted by molar-refractivity contribution is 5.90. The lowest BCUT2D eigenvalue weighted by molar-refractivity contribution is 0.300. The molecule has 1 aromatic carbocycles. The number of nitrogens with zero attached hydrogens (tertiary/aromatic N) is 3. The van der Waals surface area contributed by atoms with Gasteiger partial charge < -0.3 is 10.2 Å². The molecular weight excluding hydrogens is 272 g/mol. The third kappa shape index (κ3) is 3.32. The third-order valence-corrected chi connectivity index (χ3v) is 4.69. The Morgan fingerprint density at radius 3 is 2.55 bits per heavy atom. The molecule has 0 unspecified atom stereocenters. The van der Waals surface area contributed by atoms with Crippen LogP contribution >= 0.6 is 0 Å². The summed E-state index contributed by atoms with van der Waals surface area (Å²) in [5.41, 5.74) is 1.00. The number of benzene rings is 1. The van der Waals surface area contributed by atoms with Crippen LogP contribution in [0.5, 0.6) is 0 Å². The number of fused-ring (bicyclic) bond motifs is 1. The summed E-state index contributed by atoms with van der Waals surface area (Å²) in [4.78, 5) is 11.4. The average molecular weight is 298 g/mol. The van der Waals surface area contributed by atoms with Crippen LogP contribution in [0.25, 0.3) is 10.9 Å². The fourth-order valence-electron chi connectivity index (χ4n) is 3.25. The molecule has 0 aliphatic heterocycles. The molecule has 0 saturated heterocycles. The van der Waals surface area contributed by atoms with Crippen LogP contribution in [0.4, 0.5) is 11.8 Å². The maximum atomic E-state index is 4.70. The lowest BCUT2D eigenvalue weighted by Gasteiger charge is -2.26. The van der Waals surface area contributed by atoms with Gasteiger partial charge in [-0.05, 0) is 36.8 Å². The predicted molar refractivity (Wildman–Crippen MR) is 93.5 cm³/mol. The molecule has 118 valence electrons. The zero-order valence-corrected chi connectivity index (χ0v) is 13.8. The maximum Gasteiger partial charge on any atom is 0.225 e. The van der Waals surface area contributed by atoms with Crippen LogP contribution in [0.15, 0.2) is 24.3 Å². The second-order valence-corrected chi connectivity index (χ2v) is 6.79. The second-order valence-electron chi connectivity index (χ2n) is 6.79. The van der Waals surface area contributed by atoms with E-state index in [9.17, 15) is 0 Å². The first-order chi connectivity index (χ1) is 10.6. The number of hydrogen-bond acceptors (Lipinski definition) is 4. The molecule has 4 nitrogen and oxygen atoms in total. The number of hydrogen-bond donors (Lipinski definition) is 1. The summed E-state index contributed by atoms with van der Waals surface area (Å²) >= 11 is 0. The van der Waals surface area contributed by atoms with Gasteiger partial charge in [-0.25, -0.2) is 4.98 Å². The Hall–Kier alpha value is -1.84. The van der Waals surface area contributed by atoms with E-state index < -0.39 is 0 Å². The van der Waals surface area contributed by atoms with Gasteiger partial charge in [-0.15, -0.1) is 0 Å². The summed E-state index contributed by atoms with van der Waals surface area (Å²) < 4.78 is 0. The summed E-state index contributed by atoms with van der Waals surface area (Å²) in [5, 5.41) is 4.57. The number of nitrogens with one attached hydrogen (secondary N) is 1. The molecule has 1 N–H and O–H groups in total. The summed E-state index contributed by atoms with van der Waals surface area (Å²) in [6, 6.07) is 8.20. The SMILES string of the molecule is CC1CCC(CNc2nc(N(C)C)c3ccccc3n2)CC1. The van der Waals surface area contributed by atoms with E-state index >= 15 is 0 Å². The molecule has 0 radical (unpaired) electrons. The van der Waals surface area contributed by atoms with Crippen molar-refractivity contribution in [3.8, 4) is 0 Å². The van der Waals surface area contributed by atoms with Gasteiger partial charge in [0.25, 0.3) is 0 Å². The van der Waals surface area contributed by atoms with Gasteiger partial charge in [-0.1, -0.05) is 31.9 Å². The molecule has 3 rings (SSSR count). The van der Waals surface area contributed by atoms with Crippen LogP contribution in [0.3, 0.4) is 0 Å². The standard InChI is InChI=1S/C18H26N4/c1-13-8-10-14(11-9-13)12-19-18-20-16-7-5-4-6-15(16)17(21-18)22(2)3/h4-7,13-14H,8-12H2,1-3H3,(H,19,20,21). The Bertz CT molecular complexity index is 630. The Balaban J connectivity index is 1.76. The van der Waals surface area contributed by atoms with E-state index in [0.717, 1.165) is 41.0 Å². The molecule has 4 heteroatoms. The maximum absolute atomic E-state index is 4.70. The lowest BCUT2D eigenvalue weighted by Crippen LogP contribution is -2.21. The van der Waals surface area contributed by atoms with Gasteiger partial charge in [0.05, 0.1) is 5.52 Å². The van der Waals surface area contributed by atoms with Crippen LogP contribution in [-0.2, 0) is 0 Å². The molecule has 0 spiro atoms. The van der Waals surface area contributed by atoms with Gasteiger partial charge in [-0.3, -0.25) is 0 Å². The first-order valence-corrected chi connectivity index (χ1v) is 8.31. The second kappa shape index (κ2) is 6.51. The van der Waals surface area contributed by atoms with Crippen molar-refractivity contribution in [2.75, 3.05) is 30.9 Å². The summed E-state index contributed by atoms with van der Waals surface area (Å²) in [6.07, 6.45) is 5.35. The van der Waals surface area contributed by atoms with Gasteiger partial charge in [0.15, 0.2) is 0 Å². The Morgan fingerprint density at radius 1 is 1.09 bits per heavy atom. The highest BCUT2D eigenvalue weighted by Gasteiger charge is 2.18. The highest BCUT2D eigenvalue weighted by Crippen LogP contribution is 2.29. The first-order valence-electron chi connectivity index (χ1n) is 8.31. The van der Waals surface area contributed by atoms with Crippen molar-refractivity contribution in [1.29, 1.82) is 0 Å². The molecule has 1 aliphatic rings. The normalized spacial score (nSPS) is 21.8. The fraction of sp³-hybridized carbons (Fsp3) is 0.556. The Kier molecular flexibility index (Phi) is 4.46. The van der Waals surface area contributed by atoms with E-state index in [2.05, 4.69) is 34.3 Å². The number of aromatic nitrogens is 2. The fourth-order valence-corrected chi connectivity index (χ4v) is 3.25. The van der Waals surface area contributed by atoms with Crippen molar-refractivity contribution in [3.05, 3.63) is 24.3 Å². The quantitative estimate of drug-likeness (QED) is 0.928. The Morgan fingerprint density at radius 2 is 1.82 bits per heavy atom. The monoisotopic (exact) mass is 298 g/mol. The number of anilines is 2. The summed E-state index contributed by atoms with van der Waals surface area (Å²) in [6.45, 7) is 3.34. The van der Waals surface area contributed by atoms with Crippen molar-refractivity contribution in [1.82, 2.24) is 9.97 Å². The van der Waals surface area contributed by atoms with Gasteiger partial charge in [0, 0.05) is 26.0 Å². The van der Waals surface area contributed by atoms with Crippen molar-refractivity contribution in [2.45, 2.75) is 32.6 Å². The van der Waals surface area contributed by atoms with Gasteiger partial charge >= 0.3 is 0 Å².